The molecule has 0 aliphatic heterocycles. The lowest BCUT2D eigenvalue weighted by Crippen LogP contribution is -2.24. The fourth-order valence-corrected chi connectivity index (χ4v) is 4.84. The smallest absolute Gasteiger partial charge is 0.220 e. The summed E-state index contributed by atoms with van der Waals surface area (Å²) in [7, 11) is 0. The van der Waals surface area contributed by atoms with Crippen LogP contribution in [0.15, 0.2) is 47.6 Å². The summed E-state index contributed by atoms with van der Waals surface area (Å²) in [6.07, 6.45) is 4.78. The van der Waals surface area contributed by atoms with Crippen LogP contribution in [0.4, 0.5) is 0 Å². The molecule has 0 atom stereocenters. The van der Waals surface area contributed by atoms with Gasteiger partial charge in [0.2, 0.25) is 5.91 Å². The molecule has 0 unspecified atom stereocenters. The Hall–Kier alpha value is -2.02. The number of carbonyl (C=O) groups excluding carboxylic acids is 1. The molecule has 32 heavy (non-hydrogen) atoms. The number of nitrogens with one attached hydrogen (secondary N) is 1. The zero-order chi connectivity index (χ0) is 22.9. The molecular formula is C24H28Cl2N4OS. The predicted molar refractivity (Wildman–Crippen MR) is 133 cm³/mol. The first-order chi connectivity index (χ1) is 15.5. The topological polar surface area (TPSA) is 59.8 Å². The first-order valence-electron chi connectivity index (χ1n) is 10.8. The third kappa shape index (κ3) is 6.74. The first-order valence-corrected chi connectivity index (χ1v) is 12.6. The SMILES string of the molecule is CCCCCCC(=O)NCc1nnc(SCc2ccccc2C)n1-c1ccc(Cl)cc1Cl. The largest absolute Gasteiger partial charge is 0.349 e. The van der Waals surface area contributed by atoms with Crippen molar-refractivity contribution in [2.75, 3.05) is 0 Å². The molecule has 1 heterocycles. The Labute approximate surface area is 203 Å². The number of hydrogen-bond donors (Lipinski definition) is 1. The molecule has 170 valence electrons. The molecule has 1 N–H and O–H groups in total. The quantitative estimate of drug-likeness (QED) is 0.238. The molecule has 0 saturated heterocycles. The van der Waals surface area contributed by atoms with E-state index in [2.05, 4.69) is 41.5 Å². The number of thioether (sulfide) groups is 1. The van der Waals surface area contributed by atoms with Crippen LogP contribution in [0.1, 0.15) is 56.0 Å². The normalized spacial score (nSPS) is 11.0. The van der Waals surface area contributed by atoms with E-state index in [1.54, 1.807) is 23.9 Å². The highest BCUT2D eigenvalue weighted by molar-refractivity contribution is 7.98. The van der Waals surface area contributed by atoms with Crippen molar-refractivity contribution in [1.29, 1.82) is 0 Å². The fourth-order valence-electron chi connectivity index (χ4n) is 3.31. The van der Waals surface area contributed by atoms with Gasteiger partial charge in [-0.3, -0.25) is 9.36 Å². The molecule has 2 aromatic carbocycles. The third-order valence-corrected chi connectivity index (χ3v) is 6.69. The van der Waals surface area contributed by atoms with E-state index in [1.165, 1.54) is 11.1 Å². The highest BCUT2D eigenvalue weighted by Crippen LogP contribution is 2.31. The van der Waals surface area contributed by atoms with Gasteiger partial charge in [0.1, 0.15) is 0 Å². The number of aryl methyl sites for hydroxylation is 1. The molecule has 8 heteroatoms. The van der Waals surface area contributed by atoms with Crippen molar-refractivity contribution in [3.05, 3.63) is 69.5 Å². The molecule has 0 fully saturated rings. The van der Waals surface area contributed by atoms with E-state index in [9.17, 15) is 4.79 Å². The maximum atomic E-state index is 12.3. The first kappa shape index (κ1) is 24.6. The Morgan fingerprint density at radius 3 is 2.66 bits per heavy atom. The average molecular weight is 491 g/mol. The molecule has 0 aliphatic rings. The zero-order valence-corrected chi connectivity index (χ0v) is 20.7. The fraction of sp³-hybridized carbons (Fsp3) is 0.375. The van der Waals surface area contributed by atoms with Gasteiger partial charge in [0.15, 0.2) is 11.0 Å². The van der Waals surface area contributed by atoms with Crippen molar-refractivity contribution in [3.63, 3.8) is 0 Å². The van der Waals surface area contributed by atoms with Crippen LogP contribution in [-0.4, -0.2) is 20.7 Å². The lowest BCUT2D eigenvalue weighted by molar-refractivity contribution is -0.121. The Bertz CT molecular complexity index is 1050. The molecule has 0 radical (unpaired) electrons. The van der Waals surface area contributed by atoms with Gasteiger partial charge < -0.3 is 5.32 Å². The second-order valence-corrected chi connectivity index (χ2v) is 9.42. The number of halogens is 2. The highest BCUT2D eigenvalue weighted by Gasteiger charge is 2.18. The second-order valence-electron chi connectivity index (χ2n) is 7.63. The zero-order valence-electron chi connectivity index (χ0n) is 18.4. The number of hydrogen-bond acceptors (Lipinski definition) is 4. The van der Waals surface area contributed by atoms with Gasteiger partial charge in [-0.25, -0.2) is 0 Å². The Kier molecular flexibility index (Phi) is 9.45. The lowest BCUT2D eigenvalue weighted by Gasteiger charge is -2.13. The van der Waals surface area contributed by atoms with E-state index in [0.717, 1.165) is 37.1 Å². The number of amides is 1. The highest BCUT2D eigenvalue weighted by atomic mass is 35.5. The van der Waals surface area contributed by atoms with Gasteiger partial charge in [-0.15, -0.1) is 10.2 Å². The van der Waals surface area contributed by atoms with E-state index in [1.807, 2.05) is 22.8 Å². The van der Waals surface area contributed by atoms with Crippen molar-refractivity contribution in [2.45, 2.75) is 63.4 Å². The maximum Gasteiger partial charge on any atom is 0.220 e. The molecule has 3 aromatic rings. The van der Waals surface area contributed by atoms with Crippen LogP contribution < -0.4 is 5.32 Å². The van der Waals surface area contributed by atoms with E-state index in [4.69, 9.17) is 23.2 Å². The third-order valence-electron chi connectivity index (χ3n) is 5.17. The number of aromatic nitrogens is 3. The molecule has 0 bridgehead atoms. The van der Waals surface area contributed by atoms with Crippen molar-refractivity contribution < 1.29 is 4.79 Å². The number of nitrogens with zero attached hydrogens (tertiary/aromatic N) is 3. The van der Waals surface area contributed by atoms with Crippen LogP contribution in [0.3, 0.4) is 0 Å². The maximum absolute atomic E-state index is 12.3. The summed E-state index contributed by atoms with van der Waals surface area (Å²) in [5.41, 5.74) is 3.20. The minimum atomic E-state index is 0.0203. The Balaban J connectivity index is 1.79. The monoisotopic (exact) mass is 490 g/mol. The van der Waals surface area contributed by atoms with Gasteiger partial charge in [-0.1, -0.05) is 85.4 Å². The van der Waals surface area contributed by atoms with Gasteiger partial charge >= 0.3 is 0 Å². The summed E-state index contributed by atoms with van der Waals surface area (Å²) in [6.45, 7) is 4.53. The van der Waals surface area contributed by atoms with Crippen LogP contribution in [-0.2, 0) is 17.1 Å². The minimum Gasteiger partial charge on any atom is -0.349 e. The molecule has 1 amide bonds. The van der Waals surface area contributed by atoms with Crippen molar-refractivity contribution in [1.82, 2.24) is 20.1 Å². The van der Waals surface area contributed by atoms with Gasteiger partial charge in [0, 0.05) is 17.2 Å². The van der Waals surface area contributed by atoms with Crippen LogP contribution in [0.5, 0.6) is 0 Å². The summed E-state index contributed by atoms with van der Waals surface area (Å²) >= 11 is 14.2. The summed E-state index contributed by atoms with van der Waals surface area (Å²) < 4.78 is 1.90. The Morgan fingerprint density at radius 2 is 1.91 bits per heavy atom. The lowest BCUT2D eigenvalue weighted by atomic mass is 10.1. The Morgan fingerprint density at radius 1 is 1.09 bits per heavy atom. The number of carbonyl (C=O) groups is 1. The molecule has 1 aromatic heterocycles. The van der Waals surface area contributed by atoms with Gasteiger partial charge in [0.25, 0.3) is 0 Å². The van der Waals surface area contributed by atoms with Crippen LogP contribution in [0, 0.1) is 6.92 Å². The van der Waals surface area contributed by atoms with Gasteiger partial charge in [-0.05, 0) is 42.7 Å². The average Bonchev–Trinajstić information content (AvgIpc) is 3.17. The van der Waals surface area contributed by atoms with Crippen LogP contribution in [0.25, 0.3) is 5.69 Å². The van der Waals surface area contributed by atoms with Gasteiger partial charge in [0.05, 0.1) is 17.3 Å². The summed E-state index contributed by atoms with van der Waals surface area (Å²) in [6, 6.07) is 13.6. The number of benzene rings is 2. The minimum absolute atomic E-state index is 0.0203. The summed E-state index contributed by atoms with van der Waals surface area (Å²) in [4.78, 5) is 12.3. The van der Waals surface area contributed by atoms with Crippen molar-refractivity contribution >= 4 is 40.9 Å². The van der Waals surface area contributed by atoms with Crippen LogP contribution in [0.2, 0.25) is 10.0 Å². The molecule has 3 rings (SSSR count). The predicted octanol–water partition coefficient (Wildman–Crippen LogP) is 6.76. The summed E-state index contributed by atoms with van der Waals surface area (Å²) in [5.74, 6) is 1.40. The summed E-state index contributed by atoms with van der Waals surface area (Å²) in [5, 5.41) is 13.5. The molecular weight excluding hydrogens is 463 g/mol. The van der Waals surface area contributed by atoms with E-state index < -0.39 is 0 Å². The van der Waals surface area contributed by atoms with E-state index in [0.29, 0.717) is 27.4 Å². The van der Waals surface area contributed by atoms with Crippen molar-refractivity contribution in [2.24, 2.45) is 0 Å². The number of rotatable bonds is 11. The molecule has 5 nitrogen and oxygen atoms in total. The second kappa shape index (κ2) is 12.3. The molecule has 0 spiro atoms. The molecule has 0 aliphatic carbocycles. The van der Waals surface area contributed by atoms with Crippen molar-refractivity contribution in [3.8, 4) is 5.69 Å². The van der Waals surface area contributed by atoms with Gasteiger partial charge in [-0.2, -0.15) is 0 Å². The number of unbranched alkanes of at least 4 members (excludes halogenated alkanes) is 3. The van der Waals surface area contributed by atoms with Crippen LogP contribution >= 0.6 is 35.0 Å². The standard InChI is InChI=1S/C24H28Cl2N4OS/c1-3-4-5-6-11-23(31)27-15-22-28-29-24(32-16-18-10-8-7-9-17(18)2)30(22)21-13-12-19(25)14-20(21)26/h7-10,12-14H,3-6,11,15-16H2,1-2H3,(H,27,31). The van der Waals surface area contributed by atoms with E-state index >= 15 is 0 Å². The molecule has 0 saturated carbocycles. The van der Waals surface area contributed by atoms with E-state index in [-0.39, 0.29) is 12.5 Å².